The summed E-state index contributed by atoms with van der Waals surface area (Å²) in [6, 6.07) is 17.3. The van der Waals surface area contributed by atoms with Crippen molar-refractivity contribution in [3.8, 4) is 22.5 Å². The third-order valence-electron chi connectivity index (χ3n) is 7.60. The lowest BCUT2D eigenvalue weighted by atomic mass is 9.96. The highest BCUT2D eigenvalue weighted by Crippen LogP contribution is 2.40. The highest BCUT2D eigenvalue weighted by atomic mass is 16.3. The van der Waals surface area contributed by atoms with Crippen LogP contribution in [0, 0.1) is 6.92 Å². The number of tetrazole rings is 1. The van der Waals surface area contributed by atoms with Gasteiger partial charge in [0, 0.05) is 17.7 Å². The van der Waals surface area contributed by atoms with Crippen molar-refractivity contribution in [3.63, 3.8) is 0 Å². The first-order valence-electron chi connectivity index (χ1n) is 13.4. The van der Waals surface area contributed by atoms with Gasteiger partial charge in [0.25, 0.3) is 0 Å². The van der Waals surface area contributed by atoms with Gasteiger partial charge >= 0.3 is 0 Å². The zero-order valence-corrected chi connectivity index (χ0v) is 22.4. The van der Waals surface area contributed by atoms with Gasteiger partial charge in [0.2, 0.25) is 5.82 Å². The number of H-pyrrole nitrogens is 1. The van der Waals surface area contributed by atoms with Crippen LogP contribution in [0.5, 0.6) is 0 Å². The second kappa shape index (κ2) is 9.44. The largest absolute Gasteiger partial charge is 0.390 e. The molecule has 0 fully saturated rings. The van der Waals surface area contributed by atoms with Crippen LogP contribution in [0.3, 0.4) is 0 Å². The molecule has 3 aromatic heterocycles. The van der Waals surface area contributed by atoms with Gasteiger partial charge in [-0.05, 0) is 85.6 Å². The predicted molar refractivity (Wildman–Crippen MR) is 148 cm³/mol. The predicted octanol–water partition coefficient (Wildman–Crippen LogP) is 5.39. The van der Waals surface area contributed by atoms with Gasteiger partial charge in [0.05, 0.1) is 11.6 Å². The van der Waals surface area contributed by atoms with E-state index in [0.29, 0.717) is 12.2 Å². The molecular formula is C30H33N7O. The molecule has 1 atom stereocenters. The zero-order valence-electron chi connectivity index (χ0n) is 22.4. The summed E-state index contributed by atoms with van der Waals surface area (Å²) >= 11 is 0. The summed E-state index contributed by atoms with van der Waals surface area (Å²) in [5.74, 6) is 1.66. The first kappa shape index (κ1) is 24.4. The Labute approximate surface area is 222 Å². The van der Waals surface area contributed by atoms with E-state index in [4.69, 9.17) is 9.97 Å². The Morgan fingerprint density at radius 3 is 2.63 bits per heavy atom. The number of fused-ring (bicyclic) bond motifs is 2. The molecule has 1 aliphatic carbocycles. The third-order valence-corrected chi connectivity index (χ3v) is 7.60. The molecule has 0 unspecified atom stereocenters. The highest BCUT2D eigenvalue weighted by molar-refractivity contribution is 5.81. The van der Waals surface area contributed by atoms with E-state index in [9.17, 15) is 5.11 Å². The van der Waals surface area contributed by atoms with E-state index in [1.165, 1.54) is 11.1 Å². The molecule has 8 nitrogen and oxygen atoms in total. The normalized spacial score (nSPS) is 15.3. The van der Waals surface area contributed by atoms with E-state index in [0.717, 1.165) is 70.6 Å². The molecule has 194 valence electrons. The maximum atomic E-state index is 10.3. The van der Waals surface area contributed by atoms with Crippen LogP contribution in [0.25, 0.3) is 33.7 Å². The monoisotopic (exact) mass is 507 g/mol. The summed E-state index contributed by atoms with van der Waals surface area (Å²) < 4.78 is 2.37. The van der Waals surface area contributed by atoms with Crippen LogP contribution in [0.15, 0.2) is 48.5 Å². The van der Waals surface area contributed by atoms with E-state index < -0.39 is 5.60 Å². The molecule has 8 heteroatoms. The number of rotatable bonds is 7. The van der Waals surface area contributed by atoms with Gasteiger partial charge in [0.1, 0.15) is 11.3 Å². The fourth-order valence-electron chi connectivity index (χ4n) is 5.70. The van der Waals surface area contributed by atoms with Gasteiger partial charge in [-0.3, -0.25) is 0 Å². The number of nitrogens with one attached hydrogen (secondary N) is 1. The minimum Gasteiger partial charge on any atom is -0.390 e. The van der Waals surface area contributed by atoms with Crippen LogP contribution in [-0.4, -0.2) is 45.9 Å². The van der Waals surface area contributed by atoms with E-state index in [-0.39, 0.29) is 6.04 Å². The number of aromatic nitrogens is 7. The summed E-state index contributed by atoms with van der Waals surface area (Å²) in [5, 5.41) is 25.0. The summed E-state index contributed by atoms with van der Waals surface area (Å²) in [6.07, 6.45) is 4.25. The molecule has 5 aromatic rings. The van der Waals surface area contributed by atoms with E-state index >= 15 is 0 Å². The maximum absolute atomic E-state index is 10.3. The Bertz CT molecular complexity index is 1610. The van der Waals surface area contributed by atoms with Gasteiger partial charge in [-0.25, -0.2) is 9.97 Å². The van der Waals surface area contributed by atoms with Gasteiger partial charge in [-0.2, -0.15) is 5.21 Å². The van der Waals surface area contributed by atoms with Crippen molar-refractivity contribution in [1.82, 2.24) is 35.2 Å². The van der Waals surface area contributed by atoms with Gasteiger partial charge in [-0.1, -0.05) is 49.4 Å². The van der Waals surface area contributed by atoms with Crippen molar-refractivity contribution in [1.29, 1.82) is 0 Å². The minimum atomic E-state index is -0.718. The Morgan fingerprint density at radius 1 is 1.08 bits per heavy atom. The van der Waals surface area contributed by atoms with Crippen LogP contribution in [0.2, 0.25) is 0 Å². The molecular weight excluding hydrogens is 474 g/mol. The quantitative estimate of drug-likeness (QED) is 0.306. The van der Waals surface area contributed by atoms with Crippen molar-refractivity contribution in [2.45, 2.75) is 71.4 Å². The number of aliphatic hydroxyl groups is 1. The van der Waals surface area contributed by atoms with Crippen molar-refractivity contribution in [2.75, 3.05) is 0 Å². The second-order valence-electron chi connectivity index (χ2n) is 10.9. The molecule has 0 spiro atoms. The number of imidazole rings is 1. The smallest absolute Gasteiger partial charge is 0.205 e. The van der Waals surface area contributed by atoms with Gasteiger partial charge in [0.15, 0.2) is 5.65 Å². The molecule has 6 rings (SSSR count). The van der Waals surface area contributed by atoms with Crippen molar-refractivity contribution in [2.24, 2.45) is 0 Å². The molecule has 0 saturated heterocycles. The highest BCUT2D eigenvalue weighted by Gasteiger charge is 2.29. The Balaban J connectivity index is 1.41. The zero-order chi connectivity index (χ0) is 26.4. The molecule has 0 saturated carbocycles. The molecule has 1 aliphatic rings. The van der Waals surface area contributed by atoms with Crippen LogP contribution in [0.4, 0.5) is 0 Å². The molecule has 2 aromatic carbocycles. The average Bonchev–Trinajstić information content (AvgIpc) is 3.65. The number of pyridine rings is 1. The molecule has 0 amide bonds. The standard InChI is InChI=1S/C30H33N7O/c1-5-26-32-27-18(2)16-21(14-15-30(3,4)38)31-29(27)37(26)25-13-11-20-17-19(10-12-23(20)25)22-8-6-7-9-24(22)28-33-35-36-34-28/h6-10,12,16-17,25,38H,5,11,13-15H2,1-4H3,(H,33,34,35,36)/t25-/m0/s1. The van der Waals surface area contributed by atoms with E-state index in [1.54, 1.807) is 0 Å². The first-order valence-corrected chi connectivity index (χ1v) is 13.4. The Hall–Kier alpha value is -3.91. The molecule has 0 aliphatic heterocycles. The minimum absolute atomic E-state index is 0.197. The number of aromatic amines is 1. The average molecular weight is 508 g/mol. The first-order chi connectivity index (χ1) is 18.3. The van der Waals surface area contributed by atoms with Crippen molar-refractivity contribution >= 4 is 11.2 Å². The lowest BCUT2D eigenvalue weighted by Crippen LogP contribution is -2.19. The van der Waals surface area contributed by atoms with Crippen molar-refractivity contribution in [3.05, 3.63) is 76.7 Å². The topological polar surface area (TPSA) is 105 Å². The number of aryl methyl sites for hydroxylation is 4. The van der Waals surface area contributed by atoms with Crippen molar-refractivity contribution < 1.29 is 5.11 Å². The van der Waals surface area contributed by atoms with Crippen LogP contribution in [-0.2, 0) is 19.3 Å². The molecule has 38 heavy (non-hydrogen) atoms. The van der Waals surface area contributed by atoms with E-state index in [2.05, 4.69) is 69.4 Å². The summed E-state index contributed by atoms with van der Waals surface area (Å²) in [4.78, 5) is 10.1. The Kier molecular flexibility index (Phi) is 6.07. The lowest BCUT2D eigenvalue weighted by Gasteiger charge is -2.19. The molecule has 0 radical (unpaired) electrons. The van der Waals surface area contributed by atoms with Crippen LogP contribution in [0.1, 0.15) is 67.9 Å². The summed E-state index contributed by atoms with van der Waals surface area (Å²) in [5.41, 5.74) is 9.26. The summed E-state index contributed by atoms with van der Waals surface area (Å²) in [6.45, 7) is 7.98. The van der Waals surface area contributed by atoms with Crippen LogP contribution >= 0.6 is 0 Å². The van der Waals surface area contributed by atoms with Gasteiger partial charge in [-0.15, -0.1) is 10.2 Å². The number of benzene rings is 2. The Morgan fingerprint density at radius 2 is 1.89 bits per heavy atom. The molecule has 2 N–H and O–H groups in total. The van der Waals surface area contributed by atoms with Crippen LogP contribution < -0.4 is 0 Å². The van der Waals surface area contributed by atoms with Gasteiger partial charge < -0.3 is 9.67 Å². The fourth-order valence-corrected chi connectivity index (χ4v) is 5.70. The molecule has 0 bridgehead atoms. The fraction of sp³-hybridized carbons (Fsp3) is 0.367. The second-order valence-corrected chi connectivity index (χ2v) is 10.9. The third kappa shape index (κ3) is 4.39. The SMILES string of the molecule is CCc1nc2c(C)cc(CCC(C)(C)O)nc2n1[C@H]1CCc2cc(-c3ccccc3-c3nn[nH]n3)ccc21. The number of nitrogens with zero attached hydrogens (tertiary/aromatic N) is 6. The van der Waals surface area contributed by atoms with E-state index in [1.807, 2.05) is 32.0 Å². The lowest BCUT2D eigenvalue weighted by molar-refractivity contribution is 0.0711. The number of hydrogen-bond acceptors (Lipinski definition) is 6. The molecule has 3 heterocycles. The summed E-state index contributed by atoms with van der Waals surface area (Å²) in [7, 11) is 0. The maximum Gasteiger partial charge on any atom is 0.205 e. The number of hydrogen-bond donors (Lipinski definition) is 2.